The quantitative estimate of drug-likeness (QED) is 0.880. The lowest BCUT2D eigenvalue weighted by Gasteiger charge is -2.39. The predicted octanol–water partition coefficient (Wildman–Crippen LogP) is 2.70. The Morgan fingerprint density at radius 1 is 1.05 bits per heavy atom. The first-order valence-corrected chi connectivity index (χ1v) is 7.88. The van der Waals surface area contributed by atoms with Gasteiger partial charge in [0.2, 0.25) is 5.91 Å². The van der Waals surface area contributed by atoms with Crippen molar-refractivity contribution in [2.24, 2.45) is 5.41 Å². The Morgan fingerprint density at radius 3 is 2.23 bits per heavy atom. The fraction of sp³-hybridized carbons (Fsp3) is 0.500. The van der Waals surface area contributed by atoms with Crippen LogP contribution in [0, 0.1) is 5.41 Å². The summed E-state index contributed by atoms with van der Waals surface area (Å²) in [6, 6.07) is 7.92. The SMILES string of the molecule is CNC(=O)[C@]12CC[C@@](C)(c3nc4ccccc4nc31)C2(C)C. The largest absolute Gasteiger partial charge is 0.358 e. The first-order valence-electron chi connectivity index (χ1n) is 7.88. The van der Waals surface area contributed by atoms with Crippen molar-refractivity contribution in [2.45, 2.75) is 44.4 Å². The number of carbonyl (C=O) groups is 1. The van der Waals surface area contributed by atoms with E-state index in [0.717, 1.165) is 35.3 Å². The lowest BCUT2D eigenvalue weighted by Crippen LogP contribution is -2.50. The number of hydrogen-bond acceptors (Lipinski definition) is 3. The lowest BCUT2D eigenvalue weighted by atomic mass is 9.63. The van der Waals surface area contributed by atoms with Gasteiger partial charge in [-0.1, -0.05) is 32.9 Å². The van der Waals surface area contributed by atoms with Crippen LogP contribution in [-0.4, -0.2) is 22.9 Å². The number of nitrogens with zero attached hydrogens (tertiary/aromatic N) is 2. The van der Waals surface area contributed by atoms with E-state index < -0.39 is 5.41 Å². The van der Waals surface area contributed by atoms with Gasteiger partial charge in [-0.2, -0.15) is 0 Å². The predicted molar refractivity (Wildman–Crippen MR) is 85.6 cm³/mol. The van der Waals surface area contributed by atoms with E-state index >= 15 is 0 Å². The fourth-order valence-electron chi connectivity index (χ4n) is 4.76. The first kappa shape index (κ1) is 13.7. The third-order valence-electron chi connectivity index (χ3n) is 6.56. The molecule has 2 aliphatic rings. The van der Waals surface area contributed by atoms with Gasteiger partial charge >= 0.3 is 0 Å². The molecule has 1 aromatic heterocycles. The minimum Gasteiger partial charge on any atom is -0.358 e. The highest BCUT2D eigenvalue weighted by atomic mass is 16.2. The van der Waals surface area contributed by atoms with Crippen molar-refractivity contribution >= 4 is 16.9 Å². The summed E-state index contributed by atoms with van der Waals surface area (Å²) >= 11 is 0. The molecule has 1 saturated carbocycles. The second-order valence-electron chi connectivity index (χ2n) is 7.35. The Hall–Kier alpha value is -1.97. The van der Waals surface area contributed by atoms with E-state index in [2.05, 4.69) is 26.1 Å². The monoisotopic (exact) mass is 295 g/mol. The number of aromatic nitrogens is 2. The van der Waals surface area contributed by atoms with Crippen molar-refractivity contribution in [3.63, 3.8) is 0 Å². The third kappa shape index (κ3) is 1.20. The molecule has 0 unspecified atom stereocenters. The molecule has 1 heterocycles. The summed E-state index contributed by atoms with van der Waals surface area (Å²) in [5.41, 5.74) is 2.83. The molecule has 4 heteroatoms. The van der Waals surface area contributed by atoms with Crippen molar-refractivity contribution in [2.75, 3.05) is 7.05 Å². The standard InChI is InChI=1S/C18H21N3O/c1-16(2)17(3)9-10-18(16,15(22)19-4)14-13(17)20-11-7-5-6-8-12(11)21-14/h5-8H,9-10H2,1-4H3,(H,19,22)/t17-,18-/m0/s1. The highest BCUT2D eigenvalue weighted by Crippen LogP contribution is 2.70. The maximum Gasteiger partial charge on any atom is 0.232 e. The normalized spacial score (nSPS) is 31.3. The van der Waals surface area contributed by atoms with Gasteiger partial charge in [-0.3, -0.25) is 4.79 Å². The molecule has 0 aliphatic heterocycles. The van der Waals surface area contributed by atoms with Gasteiger partial charge in [0.1, 0.15) is 0 Å². The average molecular weight is 295 g/mol. The van der Waals surface area contributed by atoms with Crippen LogP contribution in [0.15, 0.2) is 24.3 Å². The van der Waals surface area contributed by atoms with Crippen LogP contribution in [0.2, 0.25) is 0 Å². The van der Waals surface area contributed by atoms with E-state index in [1.165, 1.54) is 0 Å². The minimum absolute atomic E-state index is 0.0737. The Labute approximate surface area is 130 Å². The van der Waals surface area contributed by atoms with Gasteiger partial charge < -0.3 is 5.32 Å². The first-order chi connectivity index (χ1) is 10.4. The zero-order valence-electron chi connectivity index (χ0n) is 13.5. The van der Waals surface area contributed by atoms with E-state index in [4.69, 9.17) is 9.97 Å². The second-order valence-corrected chi connectivity index (χ2v) is 7.35. The molecular formula is C18H21N3O. The van der Waals surface area contributed by atoms with Crippen LogP contribution in [0.1, 0.15) is 45.0 Å². The van der Waals surface area contributed by atoms with Crippen molar-refractivity contribution in [1.29, 1.82) is 0 Å². The minimum atomic E-state index is -0.567. The zero-order valence-corrected chi connectivity index (χ0v) is 13.5. The highest BCUT2D eigenvalue weighted by molar-refractivity contribution is 5.92. The molecule has 1 aromatic carbocycles. The summed E-state index contributed by atoms with van der Waals surface area (Å²) in [6.45, 7) is 6.64. The molecule has 0 radical (unpaired) electrons. The average Bonchev–Trinajstić information content (AvgIpc) is 2.81. The van der Waals surface area contributed by atoms with Crippen molar-refractivity contribution in [1.82, 2.24) is 15.3 Å². The molecule has 2 atom stereocenters. The number of likely N-dealkylation sites (N-methyl/N-ethyl adjacent to an activating group) is 1. The van der Waals surface area contributed by atoms with E-state index in [9.17, 15) is 4.79 Å². The number of fused-ring (bicyclic) bond motifs is 6. The van der Waals surface area contributed by atoms with Crippen molar-refractivity contribution in [3.05, 3.63) is 35.7 Å². The highest BCUT2D eigenvalue weighted by Gasteiger charge is 2.72. The second kappa shape index (κ2) is 3.86. The van der Waals surface area contributed by atoms with E-state index in [1.54, 1.807) is 7.05 Å². The molecule has 0 spiro atoms. The maximum absolute atomic E-state index is 12.9. The van der Waals surface area contributed by atoms with Crippen LogP contribution < -0.4 is 5.32 Å². The van der Waals surface area contributed by atoms with Gasteiger partial charge in [-0.05, 0) is 30.4 Å². The number of carbonyl (C=O) groups excluding carboxylic acids is 1. The van der Waals surface area contributed by atoms with Gasteiger partial charge in [-0.25, -0.2) is 9.97 Å². The van der Waals surface area contributed by atoms with Gasteiger partial charge in [0, 0.05) is 12.5 Å². The van der Waals surface area contributed by atoms with Gasteiger partial charge in [0.05, 0.1) is 27.8 Å². The fourth-order valence-corrected chi connectivity index (χ4v) is 4.76. The number of nitrogens with one attached hydrogen (secondary N) is 1. The maximum atomic E-state index is 12.9. The van der Waals surface area contributed by atoms with Crippen molar-refractivity contribution in [3.8, 4) is 0 Å². The molecule has 2 bridgehead atoms. The van der Waals surface area contributed by atoms with Crippen LogP contribution in [0.5, 0.6) is 0 Å². The smallest absolute Gasteiger partial charge is 0.232 e. The molecule has 4 rings (SSSR count). The molecule has 1 amide bonds. The number of rotatable bonds is 1. The Balaban J connectivity index is 2.12. The Bertz CT molecular complexity index is 813. The van der Waals surface area contributed by atoms with Gasteiger partial charge in [0.15, 0.2) is 0 Å². The zero-order chi connectivity index (χ0) is 15.8. The van der Waals surface area contributed by atoms with Gasteiger partial charge in [-0.15, -0.1) is 0 Å². The summed E-state index contributed by atoms with van der Waals surface area (Å²) < 4.78 is 0. The number of benzene rings is 1. The number of hydrogen-bond donors (Lipinski definition) is 1. The van der Waals surface area contributed by atoms with Crippen LogP contribution in [0.4, 0.5) is 0 Å². The van der Waals surface area contributed by atoms with Crippen LogP contribution in [0.3, 0.4) is 0 Å². The van der Waals surface area contributed by atoms with Gasteiger partial charge in [0.25, 0.3) is 0 Å². The van der Waals surface area contributed by atoms with E-state index in [-0.39, 0.29) is 16.7 Å². The number of para-hydroxylation sites is 2. The molecule has 4 nitrogen and oxygen atoms in total. The topological polar surface area (TPSA) is 54.9 Å². The molecule has 0 saturated heterocycles. The molecule has 1 fully saturated rings. The molecule has 114 valence electrons. The summed E-state index contributed by atoms with van der Waals surface area (Å²) in [6.07, 6.45) is 1.82. The molecule has 1 N–H and O–H groups in total. The van der Waals surface area contributed by atoms with E-state index in [1.807, 2.05) is 24.3 Å². The van der Waals surface area contributed by atoms with Crippen molar-refractivity contribution < 1.29 is 4.79 Å². The van der Waals surface area contributed by atoms with Crippen LogP contribution in [-0.2, 0) is 15.6 Å². The molecule has 22 heavy (non-hydrogen) atoms. The Kier molecular flexibility index (Phi) is 2.40. The molecular weight excluding hydrogens is 274 g/mol. The van der Waals surface area contributed by atoms with Crippen LogP contribution in [0.25, 0.3) is 11.0 Å². The summed E-state index contributed by atoms with van der Waals surface area (Å²) in [5, 5.41) is 2.88. The summed E-state index contributed by atoms with van der Waals surface area (Å²) in [4.78, 5) is 22.7. The Morgan fingerprint density at radius 2 is 1.64 bits per heavy atom. The number of amides is 1. The molecule has 2 aliphatic carbocycles. The summed E-state index contributed by atoms with van der Waals surface area (Å²) in [5.74, 6) is 0.0737. The van der Waals surface area contributed by atoms with E-state index in [0.29, 0.717) is 0 Å². The molecule has 2 aromatic rings. The van der Waals surface area contributed by atoms with Crippen LogP contribution >= 0.6 is 0 Å². The third-order valence-corrected chi connectivity index (χ3v) is 6.56. The lowest BCUT2D eigenvalue weighted by molar-refractivity contribution is -0.129. The summed E-state index contributed by atoms with van der Waals surface area (Å²) in [7, 11) is 1.72.